The van der Waals surface area contributed by atoms with Gasteiger partial charge >= 0.3 is 6.03 Å². The first-order valence-electron chi connectivity index (χ1n) is 7.46. The van der Waals surface area contributed by atoms with Crippen molar-refractivity contribution in [3.8, 4) is 11.5 Å². The molecule has 1 saturated heterocycles. The van der Waals surface area contributed by atoms with Gasteiger partial charge in [0.15, 0.2) is 0 Å². The van der Waals surface area contributed by atoms with Crippen molar-refractivity contribution in [2.75, 3.05) is 41.0 Å². The Balaban J connectivity index is 2.14. The highest BCUT2D eigenvalue weighted by Crippen LogP contribution is 2.38. The Morgan fingerprint density at radius 2 is 2.14 bits per heavy atom. The number of carbonyl (C=O) groups excluding carboxylic acids is 1. The van der Waals surface area contributed by atoms with Crippen LogP contribution in [0.25, 0.3) is 0 Å². The summed E-state index contributed by atoms with van der Waals surface area (Å²) in [6, 6.07) is 5.70. The van der Waals surface area contributed by atoms with Gasteiger partial charge in [0.25, 0.3) is 0 Å². The molecule has 1 heterocycles. The average Bonchev–Trinajstić information content (AvgIpc) is 3.03. The van der Waals surface area contributed by atoms with E-state index < -0.39 is 0 Å². The van der Waals surface area contributed by atoms with Gasteiger partial charge < -0.3 is 24.4 Å². The molecule has 1 atom stereocenters. The summed E-state index contributed by atoms with van der Waals surface area (Å²) < 4.78 is 15.7. The van der Waals surface area contributed by atoms with E-state index in [0.717, 1.165) is 36.4 Å². The van der Waals surface area contributed by atoms with Crippen molar-refractivity contribution in [2.24, 2.45) is 0 Å². The van der Waals surface area contributed by atoms with Crippen LogP contribution in [0.1, 0.15) is 24.4 Å². The monoisotopic (exact) mass is 308 g/mol. The molecule has 1 fully saturated rings. The molecule has 122 valence electrons. The summed E-state index contributed by atoms with van der Waals surface area (Å²) in [5.41, 5.74) is 1.02. The maximum atomic E-state index is 12.3. The molecule has 1 N–H and O–H groups in total. The van der Waals surface area contributed by atoms with Gasteiger partial charge in [-0.15, -0.1) is 0 Å². The Morgan fingerprint density at radius 1 is 1.32 bits per heavy atom. The van der Waals surface area contributed by atoms with Gasteiger partial charge in [0.1, 0.15) is 11.5 Å². The lowest BCUT2D eigenvalue weighted by Gasteiger charge is -2.26. The molecular weight excluding hydrogens is 284 g/mol. The van der Waals surface area contributed by atoms with E-state index >= 15 is 0 Å². The van der Waals surface area contributed by atoms with Gasteiger partial charge in [-0.05, 0) is 25.0 Å². The molecule has 1 aromatic rings. The van der Waals surface area contributed by atoms with Gasteiger partial charge in [-0.1, -0.05) is 0 Å². The van der Waals surface area contributed by atoms with Gasteiger partial charge in [-0.3, -0.25) is 0 Å². The Kier molecular flexibility index (Phi) is 5.89. The first kappa shape index (κ1) is 16.4. The summed E-state index contributed by atoms with van der Waals surface area (Å²) in [4.78, 5) is 14.2. The largest absolute Gasteiger partial charge is 0.497 e. The molecule has 1 aliphatic heterocycles. The number of hydrogen-bond donors (Lipinski definition) is 1. The predicted octanol–water partition coefficient (Wildman–Crippen LogP) is 2.20. The zero-order chi connectivity index (χ0) is 15.9. The highest BCUT2D eigenvalue weighted by atomic mass is 16.5. The summed E-state index contributed by atoms with van der Waals surface area (Å²) in [6.07, 6.45) is 1.91. The van der Waals surface area contributed by atoms with E-state index in [0.29, 0.717) is 13.2 Å². The third-order valence-corrected chi connectivity index (χ3v) is 3.90. The number of nitrogens with one attached hydrogen (secondary N) is 1. The molecule has 22 heavy (non-hydrogen) atoms. The lowest BCUT2D eigenvalue weighted by molar-refractivity contribution is 0.176. The van der Waals surface area contributed by atoms with Crippen LogP contribution >= 0.6 is 0 Å². The van der Waals surface area contributed by atoms with Gasteiger partial charge in [0, 0.05) is 31.8 Å². The van der Waals surface area contributed by atoms with Crippen LogP contribution in [0.2, 0.25) is 0 Å². The smallest absolute Gasteiger partial charge is 0.317 e. The van der Waals surface area contributed by atoms with Crippen LogP contribution < -0.4 is 14.8 Å². The quantitative estimate of drug-likeness (QED) is 0.819. The first-order valence-corrected chi connectivity index (χ1v) is 7.46. The molecule has 0 spiro atoms. The molecule has 0 aliphatic carbocycles. The second kappa shape index (κ2) is 7.89. The minimum absolute atomic E-state index is 0.0309. The van der Waals surface area contributed by atoms with Crippen LogP contribution in [0.5, 0.6) is 11.5 Å². The molecule has 1 aliphatic rings. The number of likely N-dealkylation sites (tertiary alicyclic amines) is 1. The highest BCUT2D eigenvalue weighted by molar-refractivity contribution is 5.75. The number of carbonyl (C=O) groups is 1. The molecule has 0 aromatic heterocycles. The van der Waals surface area contributed by atoms with Crippen LogP contribution in [-0.2, 0) is 4.74 Å². The molecule has 2 amide bonds. The first-order chi connectivity index (χ1) is 10.7. The van der Waals surface area contributed by atoms with Gasteiger partial charge in [0.05, 0.1) is 26.9 Å². The maximum absolute atomic E-state index is 12.3. The van der Waals surface area contributed by atoms with E-state index in [4.69, 9.17) is 14.2 Å². The number of ether oxygens (including phenoxy) is 3. The Hall–Kier alpha value is -1.95. The summed E-state index contributed by atoms with van der Waals surface area (Å²) in [7, 11) is 4.88. The summed E-state index contributed by atoms with van der Waals surface area (Å²) >= 11 is 0. The van der Waals surface area contributed by atoms with Crippen LogP contribution in [0.4, 0.5) is 4.79 Å². The fourth-order valence-electron chi connectivity index (χ4n) is 2.79. The van der Waals surface area contributed by atoms with Crippen molar-refractivity contribution in [3.05, 3.63) is 23.8 Å². The SMILES string of the molecule is COCCNC(=O)N1CCC[C@H]1c1ccc(OC)cc1OC. The van der Waals surface area contributed by atoms with Gasteiger partial charge in [-0.2, -0.15) is 0 Å². The van der Waals surface area contributed by atoms with E-state index in [1.807, 2.05) is 23.1 Å². The van der Waals surface area contributed by atoms with Crippen LogP contribution in [0.15, 0.2) is 18.2 Å². The van der Waals surface area contributed by atoms with Crippen molar-refractivity contribution in [1.82, 2.24) is 10.2 Å². The molecule has 2 rings (SSSR count). The summed E-state index contributed by atoms with van der Waals surface area (Å²) in [6.45, 7) is 1.77. The molecule has 6 nitrogen and oxygen atoms in total. The normalized spacial score (nSPS) is 17.4. The molecule has 0 radical (unpaired) electrons. The lowest BCUT2D eigenvalue weighted by atomic mass is 10.0. The topological polar surface area (TPSA) is 60.0 Å². The number of methoxy groups -OCH3 is 3. The fraction of sp³-hybridized carbons (Fsp3) is 0.562. The van der Waals surface area contributed by atoms with Crippen molar-refractivity contribution >= 4 is 6.03 Å². The zero-order valence-corrected chi connectivity index (χ0v) is 13.4. The maximum Gasteiger partial charge on any atom is 0.317 e. The number of urea groups is 1. The Bertz CT molecular complexity index is 507. The Morgan fingerprint density at radius 3 is 2.82 bits per heavy atom. The van der Waals surface area contributed by atoms with Crippen molar-refractivity contribution in [1.29, 1.82) is 0 Å². The van der Waals surface area contributed by atoms with Crippen LogP contribution in [0, 0.1) is 0 Å². The average molecular weight is 308 g/mol. The zero-order valence-electron chi connectivity index (χ0n) is 13.4. The lowest BCUT2D eigenvalue weighted by Crippen LogP contribution is -2.40. The predicted molar refractivity (Wildman–Crippen MR) is 83.5 cm³/mol. The van der Waals surface area contributed by atoms with E-state index in [-0.39, 0.29) is 12.1 Å². The summed E-state index contributed by atoms with van der Waals surface area (Å²) in [5.74, 6) is 1.50. The molecule has 0 bridgehead atoms. The minimum Gasteiger partial charge on any atom is -0.497 e. The highest BCUT2D eigenvalue weighted by Gasteiger charge is 2.31. The van der Waals surface area contributed by atoms with Crippen LogP contribution in [-0.4, -0.2) is 52.0 Å². The van der Waals surface area contributed by atoms with E-state index in [1.54, 1.807) is 21.3 Å². The van der Waals surface area contributed by atoms with Crippen molar-refractivity contribution in [2.45, 2.75) is 18.9 Å². The molecule has 1 aromatic carbocycles. The van der Waals surface area contributed by atoms with E-state index in [9.17, 15) is 4.79 Å². The number of rotatable bonds is 6. The van der Waals surface area contributed by atoms with Crippen molar-refractivity contribution in [3.63, 3.8) is 0 Å². The molecule has 0 saturated carbocycles. The Labute approximate surface area is 131 Å². The summed E-state index contributed by atoms with van der Waals surface area (Å²) in [5, 5.41) is 2.88. The number of nitrogens with zero attached hydrogens (tertiary/aromatic N) is 1. The number of benzene rings is 1. The van der Waals surface area contributed by atoms with Gasteiger partial charge in [-0.25, -0.2) is 4.79 Å². The van der Waals surface area contributed by atoms with Gasteiger partial charge in [0.2, 0.25) is 0 Å². The number of amides is 2. The second-order valence-corrected chi connectivity index (χ2v) is 5.18. The third-order valence-electron chi connectivity index (χ3n) is 3.90. The standard InChI is InChI=1S/C16H24N2O4/c1-20-10-8-17-16(19)18-9-4-5-14(18)13-7-6-12(21-2)11-15(13)22-3/h6-7,11,14H,4-5,8-10H2,1-3H3,(H,17,19)/t14-/m0/s1. The third kappa shape index (κ3) is 3.62. The second-order valence-electron chi connectivity index (χ2n) is 5.18. The molecule has 0 unspecified atom stereocenters. The molecule has 6 heteroatoms. The fourth-order valence-corrected chi connectivity index (χ4v) is 2.79. The van der Waals surface area contributed by atoms with E-state index in [2.05, 4.69) is 5.32 Å². The number of hydrogen-bond acceptors (Lipinski definition) is 4. The van der Waals surface area contributed by atoms with Crippen LogP contribution in [0.3, 0.4) is 0 Å². The van der Waals surface area contributed by atoms with Crippen molar-refractivity contribution < 1.29 is 19.0 Å². The molecular formula is C16H24N2O4. The minimum atomic E-state index is -0.0579. The van der Waals surface area contributed by atoms with E-state index in [1.165, 1.54) is 0 Å².